The standard InChI is InChI=1S/C19H34FN2O6PS/c1-3-29(2,25)9-5-4-8-28-14-7-6-13-10-16(23)19(18(20)15(13)11-14)22-12-17(24)21-30(22,26)27/h13-16,18-19,23H,3-12H2,1-2H3,(H,21,24). The number of carbonyl (C=O) groups is 1. The van der Waals surface area contributed by atoms with Gasteiger partial charge in [0.25, 0.3) is 0 Å². The van der Waals surface area contributed by atoms with E-state index in [9.17, 15) is 22.9 Å². The Hall–Kier alpha value is -0.540. The number of aliphatic hydroxyl groups is 1. The molecule has 0 aromatic rings. The van der Waals surface area contributed by atoms with Crippen molar-refractivity contribution in [2.45, 2.75) is 69.9 Å². The highest BCUT2D eigenvalue weighted by molar-refractivity contribution is 7.88. The van der Waals surface area contributed by atoms with Gasteiger partial charge in [-0.3, -0.25) is 4.79 Å². The molecule has 0 aromatic heterocycles. The average molecular weight is 469 g/mol. The third kappa shape index (κ3) is 5.44. The summed E-state index contributed by atoms with van der Waals surface area (Å²) in [6.07, 6.45) is 2.60. The predicted molar refractivity (Wildman–Crippen MR) is 112 cm³/mol. The molecule has 7 atom stereocenters. The zero-order valence-corrected chi connectivity index (χ0v) is 19.4. The van der Waals surface area contributed by atoms with Crippen LogP contribution in [-0.4, -0.2) is 80.3 Å². The van der Waals surface area contributed by atoms with E-state index < -0.39 is 54.0 Å². The minimum atomic E-state index is -4.11. The van der Waals surface area contributed by atoms with E-state index in [2.05, 4.69) is 0 Å². The molecule has 7 unspecified atom stereocenters. The number of nitrogens with zero attached hydrogens (tertiary/aromatic N) is 1. The van der Waals surface area contributed by atoms with Crippen LogP contribution >= 0.6 is 7.14 Å². The number of carbonyl (C=O) groups excluding carboxylic acids is 1. The Morgan fingerprint density at radius 1 is 1.30 bits per heavy atom. The summed E-state index contributed by atoms with van der Waals surface area (Å²) in [4.78, 5) is 11.5. The van der Waals surface area contributed by atoms with Crippen molar-refractivity contribution >= 4 is 23.3 Å². The molecule has 2 N–H and O–H groups in total. The van der Waals surface area contributed by atoms with Crippen LogP contribution < -0.4 is 4.72 Å². The highest BCUT2D eigenvalue weighted by Crippen LogP contribution is 2.45. The summed E-state index contributed by atoms with van der Waals surface area (Å²) in [7, 11) is -6.13. The highest BCUT2D eigenvalue weighted by atomic mass is 32.2. The summed E-state index contributed by atoms with van der Waals surface area (Å²) in [5.74, 6) is -1.13. The third-order valence-corrected chi connectivity index (χ3v) is 11.0. The number of hydrogen-bond acceptors (Lipinski definition) is 6. The fourth-order valence-corrected chi connectivity index (χ4v) is 7.55. The van der Waals surface area contributed by atoms with Crippen molar-refractivity contribution in [2.75, 3.05) is 32.1 Å². The lowest BCUT2D eigenvalue weighted by Gasteiger charge is -2.47. The maximum absolute atomic E-state index is 15.5. The van der Waals surface area contributed by atoms with Crippen LogP contribution in [0.25, 0.3) is 0 Å². The van der Waals surface area contributed by atoms with E-state index >= 15 is 4.39 Å². The molecule has 2 saturated carbocycles. The second-order valence-electron chi connectivity index (χ2n) is 9.09. The third-order valence-electron chi connectivity index (χ3n) is 6.91. The maximum atomic E-state index is 15.5. The van der Waals surface area contributed by atoms with E-state index in [1.54, 1.807) is 0 Å². The Morgan fingerprint density at radius 2 is 2.03 bits per heavy atom. The molecule has 11 heteroatoms. The first-order valence-electron chi connectivity index (χ1n) is 10.9. The van der Waals surface area contributed by atoms with Crippen molar-refractivity contribution in [1.29, 1.82) is 0 Å². The second-order valence-corrected chi connectivity index (χ2v) is 14.4. The number of aliphatic hydroxyl groups excluding tert-OH is 1. The van der Waals surface area contributed by atoms with E-state index in [4.69, 9.17) is 4.74 Å². The van der Waals surface area contributed by atoms with Crippen LogP contribution in [-0.2, 0) is 24.3 Å². The number of ether oxygens (including phenoxy) is 1. The lowest BCUT2D eigenvalue weighted by Crippen LogP contribution is -2.59. The van der Waals surface area contributed by atoms with Crippen LogP contribution in [0.3, 0.4) is 0 Å². The van der Waals surface area contributed by atoms with Crippen LogP contribution in [0.1, 0.15) is 45.4 Å². The van der Waals surface area contributed by atoms with Gasteiger partial charge in [-0.25, -0.2) is 9.11 Å². The van der Waals surface area contributed by atoms with Crippen LogP contribution in [0, 0.1) is 11.8 Å². The molecule has 3 fully saturated rings. The van der Waals surface area contributed by atoms with Crippen molar-refractivity contribution in [3.8, 4) is 0 Å². The van der Waals surface area contributed by atoms with Crippen LogP contribution in [0.4, 0.5) is 4.39 Å². The Bertz CT molecular complexity index is 781. The first-order chi connectivity index (χ1) is 14.0. The monoisotopic (exact) mass is 468 g/mol. The van der Waals surface area contributed by atoms with E-state index in [1.807, 2.05) is 18.3 Å². The molecule has 3 rings (SSSR count). The summed E-state index contributed by atoms with van der Waals surface area (Å²) in [6.45, 7) is 3.85. The van der Waals surface area contributed by atoms with E-state index in [0.29, 0.717) is 31.8 Å². The number of halogens is 1. The number of nitrogens with one attached hydrogen (secondary N) is 1. The summed E-state index contributed by atoms with van der Waals surface area (Å²) >= 11 is 0. The quantitative estimate of drug-likeness (QED) is 0.414. The molecule has 174 valence electrons. The molecule has 1 saturated heterocycles. The molecule has 8 nitrogen and oxygen atoms in total. The summed E-state index contributed by atoms with van der Waals surface area (Å²) in [5, 5.41) is 10.5. The van der Waals surface area contributed by atoms with Crippen molar-refractivity contribution in [3.05, 3.63) is 0 Å². The molecule has 0 bridgehead atoms. The first kappa shape index (κ1) is 24.1. The Morgan fingerprint density at radius 3 is 2.67 bits per heavy atom. The zero-order valence-electron chi connectivity index (χ0n) is 17.7. The average Bonchev–Trinajstić information content (AvgIpc) is 2.93. The van der Waals surface area contributed by atoms with Gasteiger partial charge in [0.2, 0.25) is 5.91 Å². The number of rotatable bonds is 8. The SMILES string of the molecule is CCP(C)(=O)CCCCOC1CCC2CC(O)C(N3CC(=O)NS3(=O)=O)C(F)C2C1. The number of alkyl halides is 1. The van der Waals surface area contributed by atoms with Gasteiger partial charge in [-0.15, -0.1) is 0 Å². The molecule has 3 aliphatic rings. The topological polar surface area (TPSA) is 113 Å². The number of unbranched alkanes of at least 4 members (excludes halogenated alkanes) is 1. The molecular formula is C19H34FN2O6PS. The Kier molecular flexibility index (Phi) is 7.66. The maximum Gasteiger partial charge on any atom is 0.304 e. The van der Waals surface area contributed by atoms with Gasteiger partial charge in [0.1, 0.15) is 6.17 Å². The predicted octanol–water partition coefficient (Wildman–Crippen LogP) is 1.73. The first-order valence-corrected chi connectivity index (χ1v) is 14.8. The van der Waals surface area contributed by atoms with Gasteiger partial charge in [-0.2, -0.15) is 12.7 Å². The van der Waals surface area contributed by atoms with Gasteiger partial charge in [0, 0.05) is 12.8 Å². The molecule has 30 heavy (non-hydrogen) atoms. The number of fused-ring (bicyclic) bond motifs is 1. The normalized spacial score (nSPS) is 38.6. The van der Waals surface area contributed by atoms with Gasteiger partial charge in [0.15, 0.2) is 0 Å². The Labute approximate surface area is 178 Å². The lowest BCUT2D eigenvalue weighted by atomic mass is 9.66. The van der Waals surface area contributed by atoms with Crippen LogP contribution in [0.2, 0.25) is 0 Å². The van der Waals surface area contributed by atoms with Crippen molar-refractivity contribution in [2.24, 2.45) is 11.8 Å². The fraction of sp³-hybridized carbons (Fsp3) is 0.947. The molecule has 0 radical (unpaired) electrons. The van der Waals surface area contributed by atoms with Gasteiger partial charge >= 0.3 is 10.2 Å². The minimum absolute atomic E-state index is 0.0180. The smallest absolute Gasteiger partial charge is 0.304 e. The molecule has 0 spiro atoms. The van der Waals surface area contributed by atoms with Crippen molar-refractivity contribution < 1.29 is 32.0 Å². The lowest BCUT2D eigenvalue weighted by molar-refractivity contribution is -0.120. The summed E-state index contributed by atoms with van der Waals surface area (Å²) in [6, 6.07) is -1.25. The molecule has 1 heterocycles. The minimum Gasteiger partial charge on any atom is -0.391 e. The van der Waals surface area contributed by atoms with Gasteiger partial charge < -0.3 is 14.4 Å². The summed E-state index contributed by atoms with van der Waals surface area (Å²) < 4.78 is 60.4. The van der Waals surface area contributed by atoms with Gasteiger partial charge in [-0.1, -0.05) is 6.92 Å². The zero-order chi connectivity index (χ0) is 22.1. The van der Waals surface area contributed by atoms with E-state index in [-0.39, 0.29) is 12.0 Å². The van der Waals surface area contributed by atoms with Gasteiger partial charge in [0.05, 0.1) is 31.9 Å². The van der Waals surface area contributed by atoms with Crippen molar-refractivity contribution in [3.63, 3.8) is 0 Å². The van der Waals surface area contributed by atoms with Crippen LogP contribution in [0.15, 0.2) is 0 Å². The molecule has 1 aliphatic heterocycles. The number of hydrogen-bond donors (Lipinski definition) is 2. The van der Waals surface area contributed by atoms with E-state index in [0.717, 1.165) is 30.0 Å². The Balaban J connectivity index is 1.55. The second kappa shape index (κ2) is 9.53. The largest absolute Gasteiger partial charge is 0.391 e. The molecular weight excluding hydrogens is 434 g/mol. The summed E-state index contributed by atoms with van der Waals surface area (Å²) in [5.41, 5.74) is 0. The number of amides is 1. The fourth-order valence-electron chi connectivity index (χ4n) is 5.01. The van der Waals surface area contributed by atoms with Crippen molar-refractivity contribution in [1.82, 2.24) is 9.03 Å². The molecule has 0 aromatic carbocycles. The highest BCUT2D eigenvalue weighted by Gasteiger charge is 2.53. The van der Waals surface area contributed by atoms with Gasteiger partial charge in [-0.05, 0) is 63.2 Å². The van der Waals surface area contributed by atoms with E-state index in [1.165, 1.54) is 0 Å². The molecule has 2 aliphatic carbocycles. The van der Waals surface area contributed by atoms with Crippen LogP contribution in [0.5, 0.6) is 0 Å². The molecule has 1 amide bonds.